The van der Waals surface area contributed by atoms with Gasteiger partial charge in [-0.05, 0) is 58.0 Å². The van der Waals surface area contributed by atoms with Gasteiger partial charge >= 0.3 is 0 Å². The molecule has 0 radical (unpaired) electrons. The maximum atomic E-state index is 12.7. The van der Waals surface area contributed by atoms with E-state index in [2.05, 4.69) is 42.4 Å². The number of carbonyl (C=O) groups is 1. The second-order valence-electron chi connectivity index (χ2n) is 6.34. The molecule has 2 aliphatic rings. The van der Waals surface area contributed by atoms with Crippen LogP contribution in [0.3, 0.4) is 0 Å². The standard InChI is InChI=1S/C17H25N3O/c1-13-11-14-5-3-4-6-16(14)20(13)17(21)12-19(2)15-7-9-18-10-8-15/h3-6,13,15,18H,7-12H2,1-2H3. The summed E-state index contributed by atoms with van der Waals surface area (Å²) in [7, 11) is 2.08. The molecule has 1 fully saturated rings. The molecule has 21 heavy (non-hydrogen) atoms. The van der Waals surface area contributed by atoms with Gasteiger partial charge in [-0.15, -0.1) is 0 Å². The Labute approximate surface area is 127 Å². The Morgan fingerprint density at radius 1 is 1.33 bits per heavy atom. The van der Waals surface area contributed by atoms with Crippen molar-refractivity contribution in [2.45, 2.75) is 38.3 Å². The van der Waals surface area contributed by atoms with Crippen LogP contribution >= 0.6 is 0 Å². The van der Waals surface area contributed by atoms with Gasteiger partial charge in [-0.25, -0.2) is 0 Å². The van der Waals surface area contributed by atoms with Crippen LogP contribution in [0.1, 0.15) is 25.3 Å². The van der Waals surface area contributed by atoms with E-state index in [9.17, 15) is 4.79 Å². The number of anilines is 1. The first kappa shape index (κ1) is 14.5. The fraction of sp³-hybridized carbons (Fsp3) is 0.588. The molecule has 2 aliphatic heterocycles. The number of hydrogen-bond acceptors (Lipinski definition) is 3. The highest BCUT2D eigenvalue weighted by atomic mass is 16.2. The molecule has 1 N–H and O–H groups in total. The number of amides is 1. The van der Waals surface area contributed by atoms with Crippen molar-refractivity contribution in [3.63, 3.8) is 0 Å². The highest BCUT2D eigenvalue weighted by Crippen LogP contribution is 2.31. The third-order valence-corrected chi connectivity index (χ3v) is 4.79. The Morgan fingerprint density at radius 3 is 2.81 bits per heavy atom. The average molecular weight is 287 g/mol. The van der Waals surface area contributed by atoms with Gasteiger partial charge in [-0.1, -0.05) is 18.2 Å². The predicted molar refractivity (Wildman–Crippen MR) is 85.6 cm³/mol. The zero-order chi connectivity index (χ0) is 14.8. The molecule has 0 aromatic heterocycles. The third-order valence-electron chi connectivity index (χ3n) is 4.79. The number of hydrogen-bond donors (Lipinski definition) is 1. The summed E-state index contributed by atoms with van der Waals surface area (Å²) >= 11 is 0. The van der Waals surface area contributed by atoms with Crippen LogP contribution in [0.4, 0.5) is 5.69 Å². The lowest BCUT2D eigenvalue weighted by Crippen LogP contribution is -2.47. The summed E-state index contributed by atoms with van der Waals surface area (Å²) in [6.45, 7) is 4.78. The summed E-state index contributed by atoms with van der Waals surface area (Å²) in [5.41, 5.74) is 2.40. The van der Waals surface area contributed by atoms with E-state index >= 15 is 0 Å². The predicted octanol–water partition coefficient (Wildman–Crippen LogP) is 1.65. The first-order chi connectivity index (χ1) is 10.2. The van der Waals surface area contributed by atoms with Crippen LogP contribution in [0, 0.1) is 0 Å². The SMILES string of the molecule is CC1Cc2ccccc2N1C(=O)CN(C)C1CCNCC1. The van der Waals surface area contributed by atoms with Crippen molar-refractivity contribution < 1.29 is 4.79 Å². The first-order valence-corrected chi connectivity index (χ1v) is 7.97. The van der Waals surface area contributed by atoms with Gasteiger partial charge in [0.25, 0.3) is 0 Å². The summed E-state index contributed by atoms with van der Waals surface area (Å²) in [4.78, 5) is 17.0. The Hall–Kier alpha value is -1.39. The van der Waals surface area contributed by atoms with Crippen molar-refractivity contribution in [1.82, 2.24) is 10.2 Å². The molecule has 4 heteroatoms. The molecule has 1 saturated heterocycles. The Bertz CT molecular complexity index is 511. The molecule has 0 saturated carbocycles. The van der Waals surface area contributed by atoms with E-state index in [1.54, 1.807) is 0 Å². The van der Waals surface area contributed by atoms with Gasteiger partial charge in [-0.3, -0.25) is 9.69 Å². The summed E-state index contributed by atoms with van der Waals surface area (Å²) in [6.07, 6.45) is 3.24. The van der Waals surface area contributed by atoms with Gasteiger partial charge in [0.1, 0.15) is 0 Å². The van der Waals surface area contributed by atoms with Gasteiger partial charge in [-0.2, -0.15) is 0 Å². The number of benzene rings is 1. The molecule has 0 aliphatic carbocycles. The zero-order valence-corrected chi connectivity index (χ0v) is 13.0. The lowest BCUT2D eigenvalue weighted by atomic mass is 10.1. The maximum Gasteiger partial charge on any atom is 0.241 e. The quantitative estimate of drug-likeness (QED) is 0.918. The van der Waals surface area contributed by atoms with Crippen LogP contribution in [-0.4, -0.2) is 49.6 Å². The number of likely N-dealkylation sites (N-methyl/N-ethyl adjacent to an activating group) is 1. The van der Waals surface area contributed by atoms with Gasteiger partial charge in [0.05, 0.1) is 6.54 Å². The Balaban J connectivity index is 1.67. The average Bonchev–Trinajstić information content (AvgIpc) is 2.83. The molecule has 1 aromatic rings. The summed E-state index contributed by atoms with van der Waals surface area (Å²) in [5, 5.41) is 3.38. The normalized spacial score (nSPS) is 22.6. The van der Waals surface area contributed by atoms with Crippen molar-refractivity contribution in [1.29, 1.82) is 0 Å². The van der Waals surface area contributed by atoms with Crippen LogP contribution < -0.4 is 10.2 Å². The van der Waals surface area contributed by atoms with Crippen molar-refractivity contribution in [2.24, 2.45) is 0 Å². The number of carbonyl (C=O) groups excluding carboxylic acids is 1. The number of nitrogens with one attached hydrogen (secondary N) is 1. The number of para-hydroxylation sites is 1. The Morgan fingerprint density at radius 2 is 2.05 bits per heavy atom. The monoisotopic (exact) mass is 287 g/mol. The number of piperidine rings is 1. The van der Waals surface area contributed by atoms with E-state index in [0.29, 0.717) is 12.6 Å². The minimum atomic E-state index is 0.230. The molecule has 3 rings (SSSR count). The first-order valence-electron chi connectivity index (χ1n) is 7.97. The topological polar surface area (TPSA) is 35.6 Å². The summed E-state index contributed by atoms with van der Waals surface area (Å²) in [6, 6.07) is 9.09. The fourth-order valence-electron chi connectivity index (χ4n) is 3.61. The number of rotatable bonds is 3. The smallest absolute Gasteiger partial charge is 0.241 e. The molecular formula is C17H25N3O. The van der Waals surface area contributed by atoms with E-state index in [1.165, 1.54) is 5.56 Å². The minimum absolute atomic E-state index is 0.230. The second kappa shape index (κ2) is 6.16. The fourth-order valence-corrected chi connectivity index (χ4v) is 3.61. The van der Waals surface area contributed by atoms with Crippen LogP contribution in [-0.2, 0) is 11.2 Å². The largest absolute Gasteiger partial charge is 0.317 e. The molecular weight excluding hydrogens is 262 g/mol. The number of nitrogens with zero attached hydrogens (tertiary/aromatic N) is 2. The number of fused-ring (bicyclic) bond motifs is 1. The molecule has 1 unspecified atom stereocenters. The van der Waals surface area contributed by atoms with Crippen molar-refractivity contribution in [3.05, 3.63) is 29.8 Å². The van der Waals surface area contributed by atoms with Crippen LogP contribution in [0.25, 0.3) is 0 Å². The van der Waals surface area contributed by atoms with Crippen LogP contribution in [0.15, 0.2) is 24.3 Å². The van der Waals surface area contributed by atoms with E-state index in [-0.39, 0.29) is 11.9 Å². The van der Waals surface area contributed by atoms with E-state index in [4.69, 9.17) is 0 Å². The molecule has 1 amide bonds. The van der Waals surface area contributed by atoms with Gasteiger partial charge < -0.3 is 10.2 Å². The lowest BCUT2D eigenvalue weighted by molar-refractivity contribution is -0.120. The van der Waals surface area contributed by atoms with Crippen molar-refractivity contribution in [2.75, 3.05) is 31.6 Å². The maximum absolute atomic E-state index is 12.7. The molecule has 114 valence electrons. The molecule has 2 heterocycles. The van der Waals surface area contributed by atoms with Crippen molar-refractivity contribution >= 4 is 11.6 Å². The Kier molecular flexibility index (Phi) is 4.27. The molecule has 4 nitrogen and oxygen atoms in total. The molecule has 0 bridgehead atoms. The summed E-state index contributed by atoms with van der Waals surface area (Å²) in [5.74, 6) is 0.230. The van der Waals surface area contributed by atoms with E-state index < -0.39 is 0 Å². The third kappa shape index (κ3) is 2.97. The molecule has 1 atom stereocenters. The van der Waals surface area contributed by atoms with Crippen molar-refractivity contribution in [3.8, 4) is 0 Å². The lowest BCUT2D eigenvalue weighted by Gasteiger charge is -2.33. The minimum Gasteiger partial charge on any atom is -0.317 e. The summed E-state index contributed by atoms with van der Waals surface area (Å²) < 4.78 is 0. The zero-order valence-electron chi connectivity index (χ0n) is 13.0. The van der Waals surface area contributed by atoms with E-state index in [0.717, 1.165) is 38.0 Å². The van der Waals surface area contributed by atoms with Crippen LogP contribution in [0.2, 0.25) is 0 Å². The van der Waals surface area contributed by atoms with Gasteiger partial charge in [0, 0.05) is 17.8 Å². The highest BCUT2D eigenvalue weighted by Gasteiger charge is 2.31. The highest BCUT2D eigenvalue weighted by molar-refractivity contribution is 5.97. The second-order valence-corrected chi connectivity index (χ2v) is 6.34. The van der Waals surface area contributed by atoms with Gasteiger partial charge in [0.15, 0.2) is 0 Å². The van der Waals surface area contributed by atoms with Crippen LogP contribution in [0.5, 0.6) is 0 Å². The van der Waals surface area contributed by atoms with E-state index in [1.807, 2.05) is 11.0 Å². The molecule has 1 aromatic carbocycles. The molecule has 0 spiro atoms. The van der Waals surface area contributed by atoms with Gasteiger partial charge in [0.2, 0.25) is 5.91 Å².